The fourth-order valence-corrected chi connectivity index (χ4v) is 5.50. The molecule has 4 aliphatic rings. The molecular weight excluding hydrogens is 376 g/mol. The van der Waals surface area contributed by atoms with Gasteiger partial charge < -0.3 is 4.74 Å². The molecule has 2 aromatic carbocycles. The zero-order valence-electron chi connectivity index (χ0n) is 17.0. The maximum absolute atomic E-state index is 13.4. The minimum atomic E-state index is -0.180. The van der Waals surface area contributed by atoms with Crippen molar-refractivity contribution >= 4 is 17.0 Å². The Morgan fingerprint density at radius 2 is 1.97 bits per heavy atom. The average Bonchev–Trinajstić information content (AvgIpc) is 3.27. The highest BCUT2D eigenvalue weighted by Gasteiger charge is 2.39. The molecule has 0 spiro atoms. The fraction of sp³-hybridized carbons (Fsp3) is 0.417. The third-order valence-corrected chi connectivity index (χ3v) is 7.15. The van der Waals surface area contributed by atoms with E-state index in [0.29, 0.717) is 12.5 Å². The maximum atomic E-state index is 13.4. The highest BCUT2D eigenvalue weighted by atomic mass is 16.6. The molecule has 4 aliphatic heterocycles. The standard InChI is InChI=1S/C24H26N4O2/c29-24(30-22-15-27-10-7-17(22)8-11-27)28-12-9-16-3-1-2-4-20(16)23(28)18-5-6-21-19(13-18)14-25-26-21/h1-6,13-14,17,22-23H,7-12,15H2,(H,25,26)/t22-,23-/m1/s1. The summed E-state index contributed by atoms with van der Waals surface area (Å²) in [6, 6.07) is 14.6. The van der Waals surface area contributed by atoms with Gasteiger partial charge in [-0.05, 0) is 67.1 Å². The molecule has 1 aromatic heterocycles. The van der Waals surface area contributed by atoms with Crippen molar-refractivity contribution in [1.82, 2.24) is 20.0 Å². The number of aromatic nitrogens is 2. The predicted molar refractivity (Wildman–Crippen MR) is 114 cm³/mol. The molecule has 7 rings (SSSR count). The van der Waals surface area contributed by atoms with Crippen LogP contribution < -0.4 is 0 Å². The molecular formula is C24H26N4O2. The molecule has 1 amide bonds. The Morgan fingerprint density at radius 3 is 2.80 bits per heavy atom. The molecule has 0 unspecified atom stereocenters. The molecule has 6 heteroatoms. The quantitative estimate of drug-likeness (QED) is 0.709. The number of fused-ring (bicyclic) bond motifs is 5. The summed E-state index contributed by atoms with van der Waals surface area (Å²) in [4.78, 5) is 17.8. The molecule has 2 atom stereocenters. The zero-order valence-corrected chi connectivity index (χ0v) is 17.0. The summed E-state index contributed by atoms with van der Waals surface area (Å²) < 4.78 is 6.13. The first kappa shape index (κ1) is 18.0. The van der Waals surface area contributed by atoms with E-state index in [1.807, 2.05) is 17.2 Å². The predicted octanol–water partition coefficient (Wildman–Crippen LogP) is 3.74. The summed E-state index contributed by atoms with van der Waals surface area (Å²) >= 11 is 0. The Labute approximate surface area is 175 Å². The number of ether oxygens (including phenoxy) is 1. The number of benzene rings is 2. The van der Waals surface area contributed by atoms with Gasteiger partial charge in [0.15, 0.2) is 0 Å². The minimum Gasteiger partial charge on any atom is -0.444 e. The van der Waals surface area contributed by atoms with Crippen LogP contribution in [0, 0.1) is 5.92 Å². The first-order valence-electron chi connectivity index (χ1n) is 11.0. The van der Waals surface area contributed by atoms with E-state index in [1.54, 1.807) is 0 Å². The first-order valence-corrected chi connectivity index (χ1v) is 11.0. The molecule has 154 valence electrons. The zero-order chi connectivity index (χ0) is 20.1. The Morgan fingerprint density at radius 1 is 1.10 bits per heavy atom. The van der Waals surface area contributed by atoms with Gasteiger partial charge in [0.05, 0.1) is 17.8 Å². The lowest BCUT2D eigenvalue weighted by molar-refractivity contribution is -0.0462. The average molecular weight is 402 g/mol. The van der Waals surface area contributed by atoms with E-state index < -0.39 is 0 Å². The SMILES string of the molecule is O=C(O[C@@H]1CN2CCC1CC2)N1CCc2ccccc2[C@H]1c1ccc2[nH]ncc2c1. The molecule has 6 nitrogen and oxygen atoms in total. The van der Waals surface area contributed by atoms with Crippen molar-refractivity contribution in [1.29, 1.82) is 0 Å². The Balaban J connectivity index is 1.34. The molecule has 30 heavy (non-hydrogen) atoms. The molecule has 0 saturated carbocycles. The molecule has 2 bridgehead atoms. The minimum absolute atomic E-state index is 0.0224. The number of H-pyrrole nitrogens is 1. The topological polar surface area (TPSA) is 61.5 Å². The molecule has 3 saturated heterocycles. The summed E-state index contributed by atoms with van der Waals surface area (Å²) in [5, 5.41) is 8.22. The van der Waals surface area contributed by atoms with Crippen LogP contribution in [0.1, 0.15) is 35.6 Å². The van der Waals surface area contributed by atoms with Gasteiger partial charge in [0.1, 0.15) is 6.10 Å². The van der Waals surface area contributed by atoms with Gasteiger partial charge in [0.25, 0.3) is 0 Å². The third-order valence-electron chi connectivity index (χ3n) is 7.15. The Hall–Kier alpha value is -2.86. The van der Waals surface area contributed by atoms with E-state index in [4.69, 9.17) is 4.74 Å². The van der Waals surface area contributed by atoms with Gasteiger partial charge in [-0.15, -0.1) is 0 Å². The van der Waals surface area contributed by atoms with Crippen LogP contribution in [0.2, 0.25) is 0 Å². The molecule has 3 fully saturated rings. The van der Waals surface area contributed by atoms with Crippen LogP contribution >= 0.6 is 0 Å². The Bertz CT molecular complexity index is 1090. The fourth-order valence-electron chi connectivity index (χ4n) is 5.50. The number of piperidine rings is 3. The number of carbonyl (C=O) groups excluding carboxylic acids is 1. The van der Waals surface area contributed by atoms with Crippen molar-refractivity contribution < 1.29 is 9.53 Å². The molecule has 5 heterocycles. The van der Waals surface area contributed by atoms with E-state index in [2.05, 4.69) is 51.5 Å². The highest BCUT2D eigenvalue weighted by molar-refractivity contribution is 5.79. The van der Waals surface area contributed by atoms with Gasteiger partial charge in [0.2, 0.25) is 0 Å². The lowest BCUT2D eigenvalue weighted by Crippen LogP contribution is -2.53. The lowest BCUT2D eigenvalue weighted by atomic mass is 9.86. The normalized spacial score (nSPS) is 27.8. The lowest BCUT2D eigenvalue weighted by Gasteiger charge is -2.45. The summed E-state index contributed by atoms with van der Waals surface area (Å²) in [7, 11) is 0. The summed E-state index contributed by atoms with van der Waals surface area (Å²) in [5.41, 5.74) is 4.60. The number of nitrogens with one attached hydrogen (secondary N) is 1. The number of carbonyl (C=O) groups is 1. The summed E-state index contributed by atoms with van der Waals surface area (Å²) in [5.74, 6) is 0.511. The van der Waals surface area contributed by atoms with E-state index in [0.717, 1.165) is 55.4 Å². The van der Waals surface area contributed by atoms with Crippen molar-refractivity contribution in [2.45, 2.75) is 31.4 Å². The number of rotatable bonds is 2. The molecule has 3 aromatic rings. The van der Waals surface area contributed by atoms with Crippen LogP contribution in [0.15, 0.2) is 48.7 Å². The first-order chi connectivity index (χ1) is 14.8. The van der Waals surface area contributed by atoms with Crippen molar-refractivity contribution in [2.24, 2.45) is 5.92 Å². The van der Waals surface area contributed by atoms with E-state index in [-0.39, 0.29) is 18.2 Å². The van der Waals surface area contributed by atoms with Gasteiger partial charge in [-0.25, -0.2) is 4.79 Å². The van der Waals surface area contributed by atoms with Crippen LogP contribution in [-0.4, -0.2) is 58.4 Å². The van der Waals surface area contributed by atoms with Gasteiger partial charge in [0, 0.05) is 18.5 Å². The summed E-state index contributed by atoms with van der Waals surface area (Å²) in [6.45, 7) is 3.84. The molecule has 1 N–H and O–H groups in total. The van der Waals surface area contributed by atoms with Gasteiger partial charge in [-0.1, -0.05) is 30.3 Å². The van der Waals surface area contributed by atoms with Gasteiger partial charge in [-0.3, -0.25) is 14.9 Å². The van der Waals surface area contributed by atoms with Crippen LogP contribution in [0.3, 0.4) is 0 Å². The number of amides is 1. The van der Waals surface area contributed by atoms with Crippen molar-refractivity contribution in [2.75, 3.05) is 26.2 Å². The van der Waals surface area contributed by atoms with Crippen LogP contribution in [0.5, 0.6) is 0 Å². The largest absolute Gasteiger partial charge is 0.444 e. The van der Waals surface area contributed by atoms with Crippen molar-refractivity contribution in [3.05, 3.63) is 65.4 Å². The monoisotopic (exact) mass is 402 g/mol. The molecule has 0 radical (unpaired) electrons. The van der Waals surface area contributed by atoms with Crippen molar-refractivity contribution in [3.8, 4) is 0 Å². The van der Waals surface area contributed by atoms with Crippen molar-refractivity contribution in [3.63, 3.8) is 0 Å². The molecule has 0 aliphatic carbocycles. The second-order valence-corrected chi connectivity index (χ2v) is 8.82. The summed E-state index contributed by atoms with van der Waals surface area (Å²) in [6.07, 6.45) is 4.82. The maximum Gasteiger partial charge on any atom is 0.410 e. The van der Waals surface area contributed by atoms with Crippen LogP contribution in [0.4, 0.5) is 4.79 Å². The third kappa shape index (κ3) is 2.98. The highest BCUT2D eigenvalue weighted by Crippen LogP contribution is 2.37. The second-order valence-electron chi connectivity index (χ2n) is 8.82. The number of nitrogens with zero attached hydrogens (tertiary/aromatic N) is 3. The second kappa shape index (κ2) is 7.13. The van der Waals surface area contributed by atoms with E-state index >= 15 is 0 Å². The van der Waals surface area contributed by atoms with Crippen LogP contribution in [-0.2, 0) is 11.2 Å². The van der Waals surface area contributed by atoms with Gasteiger partial charge in [-0.2, -0.15) is 5.10 Å². The van der Waals surface area contributed by atoms with E-state index in [9.17, 15) is 4.79 Å². The van der Waals surface area contributed by atoms with Crippen LogP contribution in [0.25, 0.3) is 10.9 Å². The van der Waals surface area contributed by atoms with E-state index in [1.165, 1.54) is 11.1 Å². The van der Waals surface area contributed by atoms with Gasteiger partial charge >= 0.3 is 6.09 Å². The Kier molecular flexibility index (Phi) is 4.27. The number of hydrogen-bond donors (Lipinski definition) is 1. The smallest absolute Gasteiger partial charge is 0.410 e. The number of aromatic amines is 1. The number of hydrogen-bond acceptors (Lipinski definition) is 4.